The monoisotopic (exact) mass is 239 g/mol. The van der Waals surface area contributed by atoms with E-state index >= 15 is 0 Å². The van der Waals surface area contributed by atoms with E-state index in [4.69, 9.17) is 0 Å². The molecule has 16 heavy (non-hydrogen) atoms. The van der Waals surface area contributed by atoms with Crippen LogP contribution in [0.4, 0.5) is 0 Å². The third-order valence-corrected chi connectivity index (χ3v) is 3.35. The van der Waals surface area contributed by atoms with Gasteiger partial charge in [-0.3, -0.25) is 4.72 Å². The Bertz CT molecular complexity index is 357. The van der Waals surface area contributed by atoms with Gasteiger partial charge in [0.05, 0.1) is 0 Å². The van der Waals surface area contributed by atoms with Crippen molar-refractivity contribution in [2.24, 2.45) is 0 Å². The van der Waals surface area contributed by atoms with Crippen LogP contribution < -0.4 is 4.72 Å². The quantitative estimate of drug-likeness (QED) is 0.787. The van der Waals surface area contributed by atoms with E-state index in [1.807, 2.05) is 19.1 Å². The Morgan fingerprint density at radius 2 is 1.94 bits per heavy atom. The maximum Gasteiger partial charge on any atom is 0.118 e. The van der Waals surface area contributed by atoms with E-state index in [1.54, 1.807) is 18.0 Å². The first kappa shape index (κ1) is 13.4. The molecule has 3 heteroatoms. The summed E-state index contributed by atoms with van der Waals surface area (Å²) in [6.07, 6.45) is 0. The molecule has 0 heterocycles. The fourth-order valence-electron chi connectivity index (χ4n) is 1.28. The van der Waals surface area contributed by atoms with E-state index < -0.39 is 0 Å². The molecule has 0 aliphatic heterocycles. The summed E-state index contributed by atoms with van der Waals surface area (Å²) < 4.78 is 3.63. The summed E-state index contributed by atoms with van der Waals surface area (Å²) in [4.78, 5) is 0. The molecule has 0 unspecified atom stereocenters. The van der Waals surface area contributed by atoms with Crippen LogP contribution in [0.15, 0.2) is 18.2 Å². The minimum atomic E-state index is 0.209. The predicted molar refractivity (Wildman–Crippen MR) is 71.7 cm³/mol. The van der Waals surface area contributed by atoms with Crippen LogP contribution in [0.1, 0.15) is 44.9 Å². The van der Waals surface area contributed by atoms with E-state index in [1.165, 1.54) is 5.56 Å². The second-order valence-electron chi connectivity index (χ2n) is 5.10. The van der Waals surface area contributed by atoms with Crippen molar-refractivity contribution < 1.29 is 5.11 Å². The van der Waals surface area contributed by atoms with Crippen molar-refractivity contribution in [1.82, 2.24) is 4.72 Å². The lowest BCUT2D eigenvalue weighted by Crippen LogP contribution is -2.19. The molecule has 90 valence electrons. The Kier molecular flexibility index (Phi) is 4.28. The van der Waals surface area contributed by atoms with Gasteiger partial charge in [-0.05, 0) is 51.8 Å². The molecule has 0 aliphatic carbocycles. The van der Waals surface area contributed by atoms with Crippen LogP contribution in [-0.4, -0.2) is 9.85 Å². The largest absolute Gasteiger partial charge is 0.508 e. The lowest BCUT2D eigenvalue weighted by molar-refractivity contribution is 0.470. The molecule has 1 aromatic carbocycles. The maximum atomic E-state index is 9.46. The molecule has 0 saturated heterocycles. The van der Waals surface area contributed by atoms with Gasteiger partial charge in [0.2, 0.25) is 0 Å². The molecular formula is C13H21NOS. The summed E-state index contributed by atoms with van der Waals surface area (Å²) in [6.45, 7) is 10.6. The molecule has 0 bridgehead atoms. The molecule has 0 aromatic heterocycles. The smallest absolute Gasteiger partial charge is 0.118 e. The molecule has 0 fully saturated rings. The van der Waals surface area contributed by atoms with E-state index in [0.29, 0.717) is 5.75 Å². The Labute approximate surface area is 103 Å². The number of phenols is 1. The van der Waals surface area contributed by atoms with Gasteiger partial charge in [0.1, 0.15) is 5.75 Å². The first-order chi connectivity index (χ1) is 7.29. The minimum Gasteiger partial charge on any atom is -0.508 e. The van der Waals surface area contributed by atoms with Gasteiger partial charge in [-0.2, -0.15) is 0 Å². The van der Waals surface area contributed by atoms with Crippen LogP contribution in [0.2, 0.25) is 0 Å². The van der Waals surface area contributed by atoms with Crippen molar-refractivity contribution in [2.75, 3.05) is 0 Å². The molecule has 2 nitrogen and oxygen atoms in total. The van der Waals surface area contributed by atoms with E-state index in [-0.39, 0.29) is 10.8 Å². The van der Waals surface area contributed by atoms with Gasteiger partial charge in [-0.15, -0.1) is 0 Å². The molecule has 0 aliphatic rings. The zero-order chi connectivity index (χ0) is 12.3. The fraction of sp³-hybridized carbons (Fsp3) is 0.538. The summed E-state index contributed by atoms with van der Waals surface area (Å²) in [5, 5.41) is 9.46. The number of hydrogen-bond acceptors (Lipinski definition) is 3. The molecule has 0 spiro atoms. The molecule has 0 amide bonds. The Morgan fingerprint density at radius 3 is 2.44 bits per heavy atom. The van der Waals surface area contributed by atoms with Crippen LogP contribution >= 0.6 is 11.9 Å². The molecule has 0 radical (unpaired) electrons. The van der Waals surface area contributed by atoms with Crippen molar-refractivity contribution in [3.05, 3.63) is 29.3 Å². The number of aryl methyl sites for hydroxylation is 1. The molecule has 2 N–H and O–H groups in total. The van der Waals surface area contributed by atoms with E-state index in [9.17, 15) is 5.11 Å². The van der Waals surface area contributed by atoms with Gasteiger partial charge < -0.3 is 5.11 Å². The van der Waals surface area contributed by atoms with Crippen LogP contribution in [0.3, 0.4) is 0 Å². The van der Waals surface area contributed by atoms with Crippen LogP contribution in [-0.2, 0) is 0 Å². The molecule has 1 rings (SSSR count). The van der Waals surface area contributed by atoms with Crippen molar-refractivity contribution >= 4 is 11.9 Å². The first-order valence-electron chi connectivity index (χ1n) is 5.52. The van der Waals surface area contributed by atoms with Crippen molar-refractivity contribution in [1.29, 1.82) is 0 Å². The van der Waals surface area contributed by atoms with Gasteiger partial charge in [-0.25, -0.2) is 0 Å². The normalized spacial score (nSPS) is 13.8. The Hall–Kier alpha value is -0.670. The Balaban J connectivity index is 2.66. The second kappa shape index (κ2) is 5.11. The lowest BCUT2D eigenvalue weighted by atomic mass is 10.1. The molecular weight excluding hydrogens is 218 g/mol. The molecule has 1 atom stereocenters. The zero-order valence-corrected chi connectivity index (χ0v) is 11.5. The van der Waals surface area contributed by atoms with Gasteiger partial charge in [0.25, 0.3) is 0 Å². The van der Waals surface area contributed by atoms with Crippen LogP contribution in [0.5, 0.6) is 5.75 Å². The number of hydrogen-bond donors (Lipinski definition) is 2. The number of benzene rings is 1. The Morgan fingerprint density at radius 1 is 1.31 bits per heavy atom. The lowest BCUT2D eigenvalue weighted by Gasteiger charge is -2.22. The average molecular weight is 239 g/mol. The predicted octanol–water partition coefficient (Wildman–Crippen LogP) is 3.80. The van der Waals surface area contributed by atoms with Gasteiger partial charge in [0, 0.05) is 10.8 Å². The van der Waals surface area contributed by atoms with Gasteiger partial charge in [-0.1, -0.05) is 24.1 Å². The standard InChI is InChI=1S/C13H21NOS/c1-9-8-11(6-7-12(9)15)10(2)14-16-13(3,4)5/h6-8,10,14-15H,1-5H3/t10-/m0/s1. The highest BCUT2D eigenvalue weighted by Gasteiger charge is 2.14. The van der Waals surface area contributed by atoms with E-state index in [2.05, 4.69) is 32.4 Å². The average Bonchev–Trinajstić information content (AvgIpc) is 2.17. The second-order valence-corrected chi connectivity index (χ2v) is 6.76. The van der Waals surface area contributed by atoms with Gasteiger partial charge >= 0.3 is 0 Å². The highest BCUT2D eigenvalue weighted by Crippen LogP contribution is 2.26. The number of phenolic OH excluding ortho intramolecular Hbond substituents is 1. The maximum absolute atomic E-state index is 9.46. The first-order valence-corrected chi connectivity index (χ1v) is 6.34. The SMILES string of the molecule is Cc1cc([C@H](C)NSC(C)(C)C)ccc1O. The number of nitrogens with one attached hydrogen (secondary N) is 1. The minimum absolute atomic E-state index is 0.209. The summed E-state index contributed by atoms with van der Waals surface area (Å²) in [5.41, 5.74) is 2.12. The van der Waals surface area contributed by atoms with Gasteiger partial charge in [0.15, 0.2) is 0 Å². The summed E-state index contributed by atoms with van der Waals surface area (Å²) in [5.74, 6) is 0.361. The third kappa shape index (κ3) is 4.06. The molecule has 1 aromatic rings. The fourth-order valence-corrected chi connectivity index (χ4v) is 1.95. The number of aromatic hydroxyl groups is 1. The summed E-state index contributed by atoms with van der Waals surface area (Å²) in [7, 11) is 0. The van der Waals surface area contributed by atoms with Crippen molar-refractivity contribution in [3.63, 3.8) is 0 Å². The number of rotatable bonds is 3. The highest BCUT2D eigenvalue weighted by atomic mass is 32.2. The van der Waals surface area contributed by atoms with E-state index in [0.717, 1.165) is 5.56 Å². The third-order valence-electron chi connectivity index (χ3n) is 2.26. The van der Waals surface area contributed by atoms with Crippen molar-refractivity contribution in [3.8, 4) is 5.75 Å². The highest BCUT2D eigenvalue weighted by molar-refractivity contribution is 7.98. The molecule has 0 saturated carbocycles. The summed E-state index contributed by atoms with van der Waals surface area (Å²) in [6, 6.07) is 6.02. The van der Waals surface area contributed by atoms with Crippen molar-refractivity contribution in [2.45, 2.75) is 45.4 Å². The van der Waals surface area contributed by atoms with Crippen LogP contribution in [0.25, 0.3) is 0 Å². The topological polar surface area (TPSA) is 32.3 Å². The zero-order valence-electron chi connectivity index (χ0n) is 10.7. The summed E-state index contributed by atoms with van der Waals surface area (Å²) >= 11 is 1.73. The van der Waals surface area contributed by atoms with Crippen LogP contribution in [0, 0.1) is 6.92 Å².